The molecular weight excluding hydrogens is 154 g/mol. The van der Waals surface area contributed by atoms with Crippen LogP contribution in [0.1, 0.15) is 33.0 Å². The third kappa shape index (κ3) is 1.48. The summed E-state index contributed by atoms with van der Waals surface area (Å²) >= 11 is 0. The number of hydrogen-bond acceptors (Lipinski definition) is 4. The minimum atomic E-state index is -0.484. The van der Waals surface area contributed by atoms with Gasteiger partial charge in [0.2, 0.25) is 6.39 Å². The van der Waals surface area contributed by atoms with E-state index in [9.17, 15) is 0 Å². The summed E-state index contributed by atoms with van der Waals surface area (Å²) in [6, 6.07) is 0. The number of nitrogens with two attached hydrogens (primary N) is 1. The van der Waals surface area contributed by atoms with Gasteiger partial charge in [-0.1, -0.05) is 25.4 Å². The zero-order valence-electron chi connectivity index (χ0n) is 7.74. The fourth-order valence-corrected chi connectivity index (χ4v) is 1.05. The van der Waals surface area contributed by atoms with Crippen LogP contribution in [0, 0.1) is 5.92 Å². The zero-order valence-corrected chi connectivity index (χ0v) is 7.74. The Morgan fingerprint density at radius 2 is 2.42 bits per heavy atom. The van der Waals surface area contributed by atoms with E-state index in [4.69, 9.17) is 5.73 Å². The van der Waals surface area contributed by atoms with E-state index in [0.717, 1.165) is 6.42 Å². The van der Waals surface area contributed by atoms with Crippen molar-refractivity contribution in [1.82, 2.24) is 10.1 Å². The molecule has 68 valence electrons. The number of nitrogens with zero attached hydrogens (tertiary/aromatic N) is 2. The van der Waals surface area contributed by atoms with Crippen molar-refractivity contribution in [2.45, 2.75) is 32.7 Å². The summed E-state index contributed by atoms with van der Waals surface area (Å²) in [6.07, 6.45) is 2.31. The van der Waals surface area contributed by atoms with Gasteiger partial charge in [0.15, 0.2) is 5.82 Å². The highest BCUT2D eigenvalue weighted by molar-refractivity contribution is 5.01. The highest BCUT2D eigenvalue weighted by Gasteiger charge is 2.31. The molecule has 0 saturated heterocycles. The van der Waals surface area contributed by atoms with Gasteiger partial charge in [0.1, 0.15) is 0 Å². The van der Waals surface area contributed by atoms with E-state index in [0.29, 0.717) is 11.7 Å². The Kier molecular flexibility index (Phi) is 2.47. The van der Waals surface area contributed by atoms with Crippen molar-refractivity contribution in [3.8, 4) is 0 Å². The van der Waals surface area contributed by atoms with Gasteiger partial charge >= 0.3 is 0 Å². The van der Waals surface area contributed by atoms with Gasteiger partial charge in [-0.05, 0) is 12.8 Å². The average molecular weight is 169 g/mol. The first-order valence-electron chi connectivity index (χ1n) is 4.14. The molecule has 2 unspecified atom stereocenters. The van der Waals surface area contributed by atoms with Crippen molar-refractivity contribution >= 4 is 0 Å². The van der Waals surface area contributed by atoms with Crippen molar-refractivity contribution in [1.29, 1.82) is 0 Å². The van der Waals surface area contributed by atoms with Crippen molar-refractivity contribution in [3.63, 3.8) is 0 Å². The van der Waals surface area contributed by atoms with Crippen molar-refractivity contribution in [3.05, 3.63) is 12.2 Å². The zero-order chi connectivity index (χ0) is 9.19. The van der Waals surface area contributed by atoms with Gasteiger partial charge < -0.3 is 10.3 Å². The van der Waals surface area contributed by atoms with Gasteiger partial charge in [-0.2, -0.15) is 4.98 Å². The van der Waals surface area contributed by atoms with Crippen LogP contribution < -0.4 is 5.73 Å². The molecule has 1 aromatic heterocycles. The second kappa shape index (κ2) is 3.23. The molecule has 4 nitrogen and oxygen atoms in total. The standard InChI is InChI=1S/C8H15N3O/c1-4-6(2)8(3,9)7-10-5-12-11-7/h5-6H,4,9H2,1-3H3. The lowest BCUT2D eigenvalue weighted by molar-refractivity contribution is 0.284. The predicted molar refractivity (Wildman–Crippen MR) is 45.3 cm³/mol. The van der Waals surface area contributed by atoms with Crippen LogP contribution in [0.5, 0.6) is 0 Å². The molecule has 0 radical (unpaired) electrons. The number of rotatable bonds is 3. The summed E-state index contributed by atoms with van der Waals surface area (Å²) in [4.78, 5) is 3.95. The third-order valence-electron chi connectivity index (χ3n) is 2.48. The van der Waals surface area contributed by atoms with Gasteiger partial charge in [-0.25, -0.2) is 0 Å². The summed E-state index contributed by atoms with van der Waals surface area (Å²) in [5.41, 5.74) is 5.57. The second-order valence-electron chi connectivity index (χ2n) is 3.35. The Balaban J connectivity index is 2.85. The molecule has 0 bridgehead atoms. The fourth-order valence-electron chi connectivity index (χ4n) is 1.05. The molecule has 1 rings (SSSR count). The normalized spacial score (nSPS) is 18.7. The molecule has 2 N–H and O–H groups in total. The Hall–Kier alpha value is -0.900. The van der Waals surface area contributed by atoms with Gasteiger partial charge in [-0.15, -0.1) is 0 Å². The quantitative estimate of drug-likeness (QED) is 0.740. The number of hydrogen-bond donors (Lipinski definition) is 1. The van der Waals surface area contributed by atoms with Gasteiger partial charge in [0, 0.05) is 0 Å². The smallest absolute Gasteiger partial charge is 0.213 e. The first kappa shape index (κ1) is 9.19. The lowest BCUT2D eigenvalue weighted by atomic mass is 9.85. The molecule has 0 aliphatic rings. The van der Waals surface area contributed by atoms with Crippen LogP contribution >= 0.6 is 0 Å². The van der Waals surface area contributed by atoms with Crippen molar-refractivity contribution in [2.24, 2.45) is 11.7 Å². The maximum Gasteiger partial charge on any atom is 0.213 e. The molecule has 0 saturated carbocycles. The third-order valence-corrected chi connectivity index (χ3v) is 2.48. The van der Waals surface area contributed by atoms with Gasteiger partial charge in [0.05, 0.1) is 5.54 Å². The van der Waals surface area contributed by atoms with Crippen LogP contribution in [0.15, 0.2) is 10.9 Å². The van der Waals surface area contributed by atoms with Gasteiger partial charge in [0.25, 0.3) is 0 Å². The molecule has 0 amide bonds. The van der Waals surface area contributed by atoms with Crippen molar-refractivity contribution < 1.29 is 4.52 Å². The molecule has 1 aromatic rings. The van der Waals surface area contributed by atoms with Crippen LogP contribution in [0.2, 0.25) is 0 Å². The van der Waals surface area contributed by atoms with Crippen LogP contribution in [0.25, 0.3) is 0 Å². The molecule has 0 fully saturated rings. The van der Waals surface area contributed by atoms with E-state index in [1.54, 1.807) is 0 Å². The Morgan fingerprint density at radius 1 is 1.75 bits per heavy atom. The fraction of sp³-hybridized carbons (Fsp3) is 0.750. The van der Waals surface area contributed by atoms with Crippen LogP contribution in [-0.2, 0) is 5.54 Å². The molecular formula is C8H15N3O. The molecule has 0 spiro atoms. The molecule has 12 heavy (non-hydrogen) atoms. The molecule has 1 heterocycles. The van der Waals surface area contributed by atoms with E-state index >= 15 is 0 Å². The molecule has 4 heteroatoms. The lowest BCUT2D eigenvalue weighted by Crippen LogP contribution is -2.40. The topological polar surface area (TPSA) is 64.9 Å². The minimum Gasteiger partial charge on any atom is -0.343 e. The van der Waals surface area contributed by atoms with E-state index in [1.165, 1.54) is 6.39 Å². The van der Waals surface area contributed by atoms with Crippen LogP contribution in [-0.4, -0.2) is 10.1 Å². The monoisotopic (exact) mass is 169 g/mol. The summed E-state index contributed by atoms with van der Waals surface area (Å²) in [7, 11) is 0. The summed E-state index contributed by atoms with van der Waals surface area (Å²) in [5.74, 6) is 0.923. The maximum absolute atomic E-state index is 6.05. The highest BCUT2D eigenvalue weighted by Crippen LogP contribution is 2.25. The summed E-state index contributed by atoms with van der Waals surface area (Å²) in [5, 5.41) is 3.75. The first-order chi connectivity index (χ1) is 5.59. The van der Waals surface area contributed by atoms with Gasteiger partial charge in [-0.3, -0.25) is 0 Å². The maximum atomic E-state index is 6.05. The minimum absolute atomic E-state index is 0.343. The van der Waals surface area contributed by atoms with E-state index in [1.807, 2.05) is 6.92 Å². The first-order valence-corrected chi connectivity index (χ1v) is 4.14. The van der Waals surface area contributed by atoms with Crippen LogP contribution in [0.4, 0.5) is 0 Å². The number of aromatic nitrogens is 2. The largest absolute Gasteiger partial charge is 0.343 e. The average Bonchev–Trinajstić information content (AvgIpc) is 2.55. The molecule has 2 atom stereocenters. The second-order valence-corrected chi connectivity index (χ2v) is 3.35. The predicted octanol–water partition coefficient (Wildman–Crippen LogP) is 1.29. The van der Waals surface area contributed by atoms with E-state index in [-0.39, 0.29) is 0 Å². The molecule has 0 aliphatic carbocycles. The molecule has 0 aromatic carbocycles. The van der Waals surface area contributed by atoms with E-state index in [2.05, 4.69) is 28.5 Å². The Morgan fingerprint density at radius 3 is 2.83 bits per heavy atom. The van der Waals surface area contributed by atoms with E-state index < -0.39 is 5.54 Å². The molecule has 0 aliphatic heterocycles. The highest BCUT2D eigenvalue weighted by atomic mass is 16.5. The Bertz CT molecular complexity index is 230. The summed E-state index contributed by atoms with van der Waals surface area (Å²) in [6.45, 7) is 6.10. The lowest BCUT2D eigenvalue weighted by Gasteiger charge is -2.27. The SMILES string of the molecule is CCC(C)C(C)(N)c1ncon1. The van der Waals surface area contributed by atoms with Crippen LogP contribution in [0.3, 0.4) is 0 Å². The van der Waals surface area contributed by atoms with Crippen molar-refractivity contribution in [2.75, 3.05) is 0 Å². The Labute approximate surface area is 72.1 Å². The summed E-state index contributed by atoms with van der Waals surface area (Å²) < 4.78 is 4.65.